The SMILES string of the molecule is CCC(C)OC(=O)NC1CCC(c2cc(NC(=O)Cc3cn4ccc(C)nc4n3)n[nH]2)C1. The maximum atomic E-state index is 12.4. The molecule has 32 heavy (non-hydrogen) atoms. The van der Waals surface area contributed by atoms with Gasteiger partial charge in [-0.3, -0.25) is 14.3 Å². The summed E-state index contributed by atoms with van der Waals surface area (Å²) in [6.45, 7) is 5.76. The number of ether oxygens (including phenoxy) is 1. The number of aromatic amines is 1. The van der Waals surface area contributed by atoms with E-state index in [1.165, 1.54) is 0 Å². The van der Waals surface area contributed by atoms with Crippen molar-refractivity contribution in [2.75, 3.05) is 5.32 Å². The molecule has 2 amide bonds. The molecule has 3 aromatic rings. The molecule has 10 heteroatoms. The standard InChI is InChI=1S/C22H29N7O3/c1-4-14(3)32-22(31)25-16-6-5-15(9-16)18-11-19(28-27-18)26-20(30)10-17-12-29-8-7-13(2)23-21(29)24-17/h7-8,11-12,14-16H,4-6,9-10H2,1-3H3,(H,25,31)(H2,26,27,28,30). The fourth-order valence-electron chi connectivity index (χ4n) is 3.92. The number of hydrogen-bond donors (Lipinski definition) is 3. The summed E-state index contributed by atoms with van der Waals surface area (Å²) in [5.41, 5.74) is 2.47. The first-order chi connectivity index (χ1) is 15.4. The molecule has 3 N–H and O–H groups in total. The lowest BCUT2D eigenvalue weighted by Crippen LogP contribution is -2.35. The van der Waals surface area contributed by atoms with Gasteiger partial charge in [0.2, 0.25) is 11.7 Å². The minimum Gasteiger partial charge on any atom is -0.447 e. The Hall–Kier alpha value is -3.43. The maximum absolute atomic E-state index is 12.4. The van der Waals surface area contributed by atoms with Gasteiger partial charge in [-0.2, -0.15) is 5.10 Å². The van der Waals surface area contributed by atoms with Crippen molar-refractivity contribution in [3.63, 3.8) is 0 Å². The van der Waals surface area contributed by atoms with Crippen LogP contribution in [-0.4, -0.2) is 48.7 Å². The number of aromatic nitrogens is 5. The van der Waals surface area contributed by atoms with E-state index in [0.717, 1.165) is 37.1 Å². The number of anilines is 1. The summed E-state index contributed by atoms with van der Waals surface area (Å²) in [6, 6.07) is 3.82. The van der Waals surface area contributed by atoms with Crippen molar-refractivity contribution >= 4 is 23.6 Å². The third kappa shape index (κ3) is 5.24. The monoisotopic (exact) mass is 439 g/mol. The van der Waals surface area contributed by atoms with Crippen LogP contribution in [0.15, 0.2) is 24.5 Å². The molecule has 0 spiro atoms. The van der Waals surface area contributed by atoms with E-state index in [0.29, 0.717) is 17.3 Å². The number of rotatable bonds is 7. The first-order valence-electron chi connectivity index (χ1n) is 11.0. The van der Waals surface area contributed by atoms with E-state index in [1.807, 2.05) is 39.1 Å². The van der Waals surface area contributed by atoms with Gasteiger partial charge in [-0.05, 0) is 45.6 Å². The summed E-state index contributed by atoms with van der Waals surface area (Å²) in [5, 5.41) is 13.0. The first kappa shape index (κ1) is 21.8. The summed E-state index contributed by atoms with van der Waals surface area (Å²) in [5.74, 6) is 1.11. The predicted octanol–water partition coefficient (Wildman–Crippen LogP) is 3.10. The van der Waals surface area contributed by atoms with Gasteiger partial charge in [0, 0.05) is 41.8 Å². The minimum absolute atomic E-state index is 0.0743. The van der Waals surface area contributed by atoms with E-state index in [-0.39, 0.29) is 36.5 Å². The topological polar surface area (TPSA) is 126 Å². The van der Waals surface area contributed by atoms with Crippen LogP contribution < -0.4 is 10.6 Å². The van der Waals surface area contributed by atoms with E-state index in [4.69, 9.17) is 4.74 Å². The highest BCUT2D eigenvalue weighted by molar-refractivity contribution is 5.91. The summed E-state index contributed by atoms with van der Waals surface area (Å²) in [4.78, 5) is 33.1. The molecule has 4 rings (SSSR count). The zero-order chi connectivity index (χ0) is 22.7. The number of carbonyl (C=O) groups excluding carboxylic acids is 2. The van der Waals surface area contributed by atoms with Crippen LogP contribution in [0.4, 0.5) is 10.6 Å². The molecule has 0 aliphatic heterocycles. The first-order valence-corrected chi connectivity index (χ1v) is 11.0. The van der Waals surface area contributed by atoms with Crippen LogP contribution >= 0.6 is 0 Å². The molecule has 1 aliphatic carbocycles. The van der Waals surface area contributed by atoms with Crippen LogP contribution in [-0.2, 0) is 16.0 Å². The second kappa shape index (κ2) is 9.37. The second-order valence-electron chi connectivity index (χ2n) is 8.42. The number of carbonyl (C=O) groups is 2. The molecule has 0 saturated heterocycles. The fraction of sp³-hybridized carbons (Fsp3) is 0.500. The number of amides is 2. The lowest BCUT2D eigenvalue weighted by atomic mass is 10.0. The molecule has 0 radical (unpaired) electrons. The van der Waals surface area contributed by atoms with Crippen molar-refractivity contribution in [1.82, 2.24) is 29.9 Å². The van der Waals surface area contributed by atoms with E-state index >= 15 is 0 Å². The van der Waals surface area contributed by atoms with Crippen LogP contribution in [0.1, 0.15) is 62.5 Å². The molecule has 0 aromatic carbocycles. The Bertz CT molecular complexity index is 1110. The van der Waals surface area contributed by atoms with Crippen molar-refractivity contribution in [2.45, 2.75) is 70.9 Å². The van der Waals surface area contributed by atoms with Crippen molar-refractivity contribution in [3.05, 3.63) is 41.6 Å². The summed E-state index contributed by atoms with van der Waals surface area (Å²) >= 11 is 0. The normalized spacial score (nSPS) is 19.1. The molecule has 0 bridgehead atoms. The highest BCUT2D eigenvalue weighted by Crippen LogP contribution is 2.34. The molecule has 1 saturated carbocycles. The van der Waals surface area contributed by atoms with Gasteiger partial charge in [-0.1, -0.05) is 6.92 Å². The van der Waals surface area contributed by atoms with E-state index in [2.05, 4.69) is 30.8 Å². The van der Waals surface area contributed by atoms with Gasteiger partial charge in [0.25, 0.3) is 0 Å². The number of nitrogens with one attached hydrogen (secondary N) is 3. The minimum atomic E-state index is -0.361. The van der Waals surface area contributed by atoms with Gasteiger partial charge < -0.3 is 15.4 Å². The Labute approximate surface area is 186 Å². The van der Waals surface area contributed by atoms with Crippen molar-refractivity contribution in [3.8, 4) is 0 Å². The molecule has 10 nitrogen and oxygen atoms in total. The molecule has 170 valence electrons. The van der Waals surface area contributed by atoms with E-state index < -0.39 is 0 Å². The molecular formula is C22H29N7O3. The van der Waals surface area contributed by atoms with Gasteiger partial charge in [-0.15, -0.1) is 0 Å². The quantitative estimate of drug-likeness (QED) is 0.519. The molecule has 3 atom stereocenters. The molecular weight excluding hydrogens is 410 g/mol. The lowest BCUT2D eigenvalue weighted by molar-refractivity contribution is -0.115. The number of H-pyrrole nitrogens is 1. The summed E-state index contributed by atoms with van der Waals surface area (Å²) < 4.78 is 7.09. The Morgan fingerprint density at radius 2 is 2.19 bits per heavy atom. The van der Waals surface area contributed by atoms with Gasteiger partial charge in [-0.25, -0.2) is 14.8 Å². The van der Waals surface area contributed by atoms with Gasteiger partial charge in [0.1, 0.15) is 6.10 Å². The molecule has 3 aromatic heterocycles. The average Bonchev–Trinajstić information content (AvgIpc) is 3.47. The third-order valence-electron chi connectivity index (χ3n) is 5.80. The van der Waals surface area contributed by atoms with Crippen LogP contribution in [0.5, 0.6) is 0 Å². The van der Waals surface area contributed by atoms with Crippen LogP contribution in [0.2, 0.25) is 0 Å². The van der Waals surface area contributed by atoms with Crippen molar-refractivity contribution in [2.24, 2.45) is 0 Å². The summed E-state index contributed by atoms with van der Waals surface area (Å²) in [6.07, 6.45) is 6.76. The van der Waals surface area contributed by atoms with Gasteiger partial charge >= 0.3 is 6.09 Å². The Morgan fingerprint density at radius 3 is 3.00 bits per heavy atom. The number of fused-ring (bicyclic) bond motifs is 1. The number of nitrogens with zero attached hydrogens (tertiary/aromatic N) is 4. The van der Waals surface area contributed by atoms with Gasteiger partial charge in [0.05, 0.1) is 12.1 Å². The average molecular weight is 440 g/mol. The number of imidazole rings is 1. The summed E-state index contributed by atoms with van der Waals surface area (Å²) in [7, 11) is 0. The Balaban J connectivity index is 1.29. The number of aryl methyl sites for hydroxylation is 1. The van der Waals surface area contributed by atoms with Crippen molar-refractivity contribution in [1.29, 1.82) is 0 Å². The maximum Gasteiger partial charge on any atom is 0.407 e. The van der Waals surface area contributed by atoms with Gasteiger partial charge in [0.15, 0.2) is 5.82 Å². The Morgan fingerprint density at radius 1 is 1.34 bits per heavy atom. The van der Waals surface area contributed by atoms with Crippen molar-refractivity contribution < 1.29 is 14.3 Å². The van der Waals surface area contributed by atoms with E-state index in [9.17, 15) is 9.59 Å². The lowest BCUT2D eigenvalue weighted by Gasteiger charge is -2.16. The zero-order valence-corrected chi connectivity index (χ0v) is 18.6. The molecule has 1 aliphatic rings. The zero-order valence-electron chi connectivity index (χ0n) is 18.6. The highest BCUT2D eigenvalue weighted by atomic mass is 16.6. The predicted molar refractivity (Wildman–Crippen MR) is 118 cm³/mol. The van der Waals surface area contributed by atoms with Crippen LogP contribution in [0, 0.1) is 6.92 Å². The number of alkyl carbamates (subject to hydrolysis) is 1. The second-order valence-corrected chi connectivity index (χ2v) is 8.42. The Kier molecular flexibility index (Phi) is 6.38. The molecule has 1 fully saturated rings. The third-order valence-corrected chi connectivity index (χ3v) is 5.80. The highest BCUT2D eigenvalue weighted by Gasteiger charge is 2.29. The largest absolute Gasteiger partial charge is 0.447 e. The van der Waals surface area contributed by atoms with Crippen LogP contribution in [0.25, 0.3) is 5.78 Å². The molecule has 3 heterocycles. The van der Waals surface area contributed by atoms with E-state index in [1.54, 1.807) is 10.6 Å². The smallest absolute Gasteiger partial charge is 0.407 e. The number of hydrogen-bond acceptors (Lipinski definition) is 6. The fourth-order valence-corrected chi connectivity index (χ4v) is 3.92. The van der Waals surface area contributed by atoms with Crippen LogP contribution in [0.3, 0.4) is 0 Å². The molecule has 3 unspecified atom stereocenters.